The molecule has 12 heteroatoms. The molecule has 1 aliphatic rings. The summed E-state index contributed by atoms with van der Waals surface area (Å²) in [6.07, 6.45) is 2.95. The molecular weight excluding hydrogens is 388 g/mol. The Hall–Kier alpha value is -2.31. The molecule has 2 aromatic heterocycles. The van der Waals surface area contributed by atoms with E-state index in [1.54, 1.807) is 21.0 Å². The van der Waals surface area contributed by atoms with Gasteiger partial charge in [0.2, 0.25) is 10.0 Å². The number of carbonyl (C=O) groups is 1. The van der Waals surface area contributed by atoms with Crippen LogP contribution in [-0.2, 0) is 21.3 Å². The molecule has 28 heavy (non-hydrogen) atoms. The number of sulfonamides is 1. The lowest BCUT2D eigenvalue weighted by molar-refractivity contribution is 0.0932. The minimum atomic E-state index is -3.73. The van der Waals surface area contributed by atoms with Crippen LogP contribution in [0, 0.1) is 13.8 Å². The van der Waals surface area contributed by atoms with E-state index in [1.807, 2.05) is 0 Å². The first kappa shape index (κ1) is 20.4. The van der Waals surface area contributed by atoms with Crippen LogP contribution in [0.25, 0.3) is 0 Å². The van der Waals surface area contributed by atoms with Crippen molar-refractivity contribution in [2.75, 3.05) is 26.8 Å². The monoisotopic (exact) mass is 412 g/mol. The fourth-order valence-corrected chi connectivity index (χ4v) is 5.31. The van der Waals surface area contributed by atoms with Crippen molar-refractivity contribution in [2.24, 2.45) is 0 Å². The fraction of sp³-hybridized carbons (Fsp3) is 0.625. The van der Waals surface area contributed by atoms with Crippen molar-refractivity contribution in [1.29, 1.82) is 0 Å². The first-order valence-electron chi connectivity index (χ1n) is 8.96. The largest absolute Gasteiger partial charge is 0.383 e. The lowest BCUT2D eigenvalue weighted by Gasteiger charge is -2.23. The number of aromatic nitrogens is 4. The lowest BCUT2D eigenvalue weighted by Crippen LogP contribution is -2.38. The maximum Gasteiger partial charge on any atom is 0.273 e. The second kappa shape index (κ2) is 8.37. The van der Waals surface area contributed by atoms with Crippen molar-refractivity contribution in [3.63, 3.8) is 0 Å². The van der Waals surface area contributed by atoms with Gasteiger partial charge in [-0.2, -0.15) is 4.31 Å². The van der Waals surface area contributed by atoms with Crippen LogP contribution in [-0.4, -0.2) is 71.6 Å². The zero-order valence-electron chi connectivity index (χ0n) is 16.1. The second-order valence-corrected chi connectivity index (χ2v) is 8.47. The van der Waals surface area contributed by atoms with E-state index in [9.17, 15) is 13.2 Å². The number of aryl methyl sites for hydroxylation is 2. The average Bonchev–Trinajstić information content (AvgIpc) is 3.36. The molecule has 1 aliphatic heterocycles. The zero-order valence-corrected chi connectivity index (χ0v) is 16.9. The number of methoxy groups -OCH3 is 1. The highest BCUT2D eigenvalue weighted by molar-refractivity contribution is 7.89. The van der Waals surface area contributed by atoms with Crippen molar-refractivity contribution < 1.29 is 22.5 Å². The predicted octanol–water partition coefficient (Wildman–Crippen LogP) is 0.112. The average molecular weight is 412 g/mol. The quantitative estimate of drug-likeness (QED) is 0.604. The van der Waals surface area contributed by atoms with Gasteiger partial charge in [0.1, 0.15) is 10.6 Å². The van der Waals surface area contributed by atoms with Crippen LogP contribution in [0.2, 0.25) is 0 Å². The van der Waals surface area contributed by atoms with E-state index in [0.717, 1.165) is 6.42 Å². The van der Waals surface area contributed by atoms with Gasteiger partial charge >= 0.3 is 0 Å². The molecule has 0 aliphatic carbocycles. The van der Waals surface area contributed by atoms with Crippen LogP contribution in [0.3, 0.4) is 0 Å². The molecule has 2 aromatic rings. The Balaban J connectivity index is 1.72. The summed E-state index contributed by atoms with van der Waals surface area (Å²) in [7, 11) is -2.18. The molecule has 1 saturated heterocycles. The summed E-state index contributed by atoms with van der Waals surface area (Å²) in [6.45, 7) is 4.69. The van der Waals surface area contributed by atoms with Gasteiger partial charge in [-0.15, -0.1) is 5.10 Å². The summed E-state index contributed by atoms with van der Waals surface area (Å²) in [6, 6.07) is -0.287. The van der Waals surface area contributed by atoms with Gasteiger partial charge in [0.05, 0.1) is 19.3 Å². The number of hydrogen-bond acceptors (Lipinski definition) is 8. The normalized spacial score (nSPS) is 17.9. The standard InChI is InChI=1S/C16H24N6O5S/c1-11-15(12(2)27-19-11)28(24,25)22-7-4-5-13(22)9-21-10-14(18-20-21)16(23)17-6-8-26-3/h10,13H,4-9H2,1-3H3,(H,17,23)/t13-/m0/s1. The van der Waals surface area contributed by atoms with Crippen molar-refractivity contribution in [3.8, 4) is 0 Å². The third-order valence-corrected chi connectivity index (χ3v) is 6.82. The molecule has 1 amide bonds. The van der Waals surface area contributed by atoms with Gasteiger partial charge in [0, 0.05) is 26.2 Å². The molecule has 0 unspecified atom stereocenters. The Morgan fingerprint density at radius 1 is 1.43 bits per heavy atom. The molecule has 0 spiro atoms. The van der Waals surface area contributed by atoms with E-state index in [0.29, 0.717) is 38.4 Å². The highest BCUT2D eigenvalue weighted by Gasteiger charge is 2.38. The minimum Gasteiger partial charge on any atom is -0.383 e. The van der Waals surface area contributed by atoms with Gasteiger partial charge in [0.15, 0.2) is 11.5 Å². The Labute approximate surface area is 163 Å². The maximum atomic E-state index is 13.1. The highest BCUT2D eigenvalue weighted by atomic mass is 32.2. The summed E-state index contributed by atoms with van der Waals surface area (Å²) in [5.74, 6) is -0.0751. The molecule has 3 rings (SSSR count). The molecule has 0 aromatic carbocycles. The molecule has 1 atom stereocenters. The van der Waals surface area contributed by atoms with Crippen LogP contribution >= 0.6 is 0 Å². The Kier molecular flexibility index (Phi) is 6.10. The SMILES string of the molecule is COCCNC(=O)c1cn(C[C@@H]2CCCN2S(=O)(=O)c2c(C)noc2C)nn1. The van der Waals surface area contributed by atoms with Gasteiger partial charge in [0.25, 0.3) is 5.91 Å². The smallest absolute Gasteiger partial charge is 0.273 e. The van der Waals surface area contributed by atoms with Crippen LogP contribution in [0.4, 0.5) is 0 Å². The van der Waals surface area contributed by atoms with Gasteiger partial charge in [-0.3, -0.25) is 9.48 Å². The predicted molar refractivity (Wildman–Crippen MR) is 97.1 cm³/mol. The van der Waals surface area contributed by atoms with Crippen LogP contribution in [0.1, 0.15) is 34.8 Å². The number of nitrogens with one attached hydrogen (secondary N) is 1. The summed E-state index contributed by atoms with van der Waals surface area (Å²) in [5.41, 5.74) is 0.521. The first-order chi connectivity index (χ1) is 13.3. The van der Waals surface area contributed by atoms with E-state index < -0.39 is 10.0 Å². The Morgan fingerprint density at radius 2 is 2.21 bits per heavy atom. The third kappa shape index (κ3) is 4.08. The Bertz CT molecular complexity index is 918. The lowest BCUT2D eigenvalue weighted by atomic mass is 10.2. The molecule has 0 bridgehead atoms. The van der Waals surface area contributed by atoms with E-state index in [2.05, 4.69) is 20.8 Å². The molecule has 154 valence electrons. The third-order valence-electron chi connectivity index (χ3n) is 4.62. The van der Waals surface area contributed by atoms with E-state index in [1.165, 1.54) is 15.2 Å². The van der Waals surface area contributed by atoms with Gasteiger partial charge < -0.3 is 14.6 Å². The summed E-state index contributed by atoms with van der Waals surface area (Å²) in [5, 5.41) is 14.3. The summed E-state index contributed by atoms with van der Waals surface area (Å²) in [4.78, 5) is 12.1. The molecule has 3 heterocycles. The van der Waals surface area contributed by atoms with Crippen molar-refractivity contribution in [2.45, 2.75) is 44.2 Å². The molecule has 0 saturated carbocycles. The van der Waals surface area contributed by atoms with Gasteiger partial charge in [-0.1, -0.05) is 10.4 Å². The van der Waals surface area contributed by atoms with Crippen molar-refractivity contribution >= 4 is 15.9 Å². The van der Waals surface area contributed by atoms with E-state index >= 15 is 0 Å². The van der Waals surface area contributed by atoms with Crippen LogP contribution < -0.4 is 5.32 Å². The van der Waals surface area contributed by atoms with Crippen molar-refractivity contribution in [1.82, 2.24) is 29.8 Å². The van der Waals surface area contributed by atoms with Gasteiger partial charge in [-0.25, -0.2) is 8.42 Å². The Morgan fingerprint density at radius 3 is 2.89 bits per heavy atom. The van der Waals surface area contributed by atoms with E-state index in [4.69, 9.17) is 9.26 Å². The molecule has 11 nitrogen and oxygen atoms in total. The van der Waals surface area contributed by atoms with Crippen LogP contribution in [0.15, 0.2) is 15.6 Å². The topological polar surface area (TPSA) is 132 Å². The van der Waals surface area contributed by atoms with Crippen LogP contribution in [0.5, 0.6) is 0 Å². The number of amides is 1. The number of carbonyl (C=O) groups excluding carboxylic acids is 1. The second-order valence-electron chi connectivity index (χ2n) is 6.64. The van der Waals surface area contributed by atoms with E-state index in [-0.39, 0.29) is 28.3 Å². The first-order valence-corrected chi connectivity index (χ1v) is 10.4. The number of ether oxygens (including phenoxy) is 1. The minimum absolute atomic E-state index is 0.121. The summed E-state index contributed by atoms with van der Waals surface area (Å²) < 4.78 is 39.1. The van der Waals surface area contributed by atoms with Gasteiger partial charge in [-0.05, 0) is 26.7 Å². The fourth-order valence-electron chi connectivity index (χ4n) is 3.33. The zero-order chi connectivity index (χ0) is 20.3. The highest BCUT2D eigenvalue weighted by Crippen LogP contribution is 2.30. The molecule has 1 N–H and O–H groups in total. The van der Waals surface area contributed by atoms with Crippen molar-refractivity contribution in [3.05, 3.63) is 23.3 Å². The molecule has 1 fully saturated rings. The molecule has 0 radical (unpaired) electrons. The number of nitrogens with zero attached hydrogens (tertiary/aromatic N) is 5. The number of hydrogen-bond donors (Lipinski definition) is 1. The molecular formula is C16H24N6O5S. The number of rotatable bonds is 8. The maximum absolute atomic E-state index is 13.1. The summed E-state index contributed by atoms with van der Waals surface area (Å²) >= 11 is 0.